The molecule has 0 radical (unpaired) electrons. The third kappa shape index (κ3) is 3.95. The smallest absolute Gasteiger partial charge is 0.219 e. The quantitative estimate of drug-likeness (QED) is 0.920. The van der Waals surface area contributed by atoms with Crippen LogP contribution >= 0.6 is 0 Å². The van der Waals surface area contributed by atoms with E-state index in [2.05, 4.69) is 15.3 Å². The highest BCUT2D eigenvalue weighted by Gasteiger charge is 2.15. The maximum atomic E-state index is 5.86. The first-order valence-electron chi connectivity index (χ1n) is 6.85. The van der Waals surface area contributed by atoms with E-state index < -0.39 is 0 Å². The second-order valence-electron chi connectivity index (χ2n) is 5.53. The molecule has 2 aromatic rings. The van der Waals surface area contributed by atoms with E-state index in [1.54, 1.807) is 0 Å². The van der Waals surface area contributed by atoms with Crippen LogP contribution in [0.5, 0.6) is 5.88 Å². The van der Waals surface area contributed by atoms with Crippen molar-refractivity contribution in [3.05, 3.63) is 36.4 Å². The number of aromatic nitrogens is 2. The van der Waals surface area contributed by atoms with Gasteiger partial charge in [-0.15, -0.1) is 0 Å². The number of hydrogen-bond acceptors (Lipinski definition) is 4. The van der Waals surface area contributed by atoms with Crippen LogP contribution in [0.3, 0.4) is 0 Å². The van der Waals surface area contributed by atoms with Gasteiger partial charge >= 0.3 is 0 Å². The van der Waals surface area contributed by atoms with Gasteiger partial charge in [0.25, 0.3) is 0 Å². The average Bonchev–Trinajstić information content (AvgIpc) is 2.38. The second kappa shape index (κ2) is 5.90. The monoisotopic (exact) mass is 271 g/mol. The van der Waals surface area contributed by atoms with Gasteiger partial charge in [0.15, 0.2) is 5.82 Å². The first-order valence-corrected chi connectivity index (χ1v) is 6.85. The van der Waals surface area contributed by atoms with Crippen molar-refractivity contribution >= 4 is 5.82 Å². The predicted octanol–water partition coefficient (Wildman–Crippen LogP) is 3.75. The molecule has 4 nitrogen and oxygen atoms in total. The number of hydrogen-bond donors (Lipinski definition) is 1. The van der Waals surface area contributed by atoms with Gasteiger partial charge in [-0.1, -0.05) is 30.3 Å². The van der Waals surface area contributed by atoms with E-state index >= 15 is 0 Å². The van der Waals surface area contributed by atoms with Crippen LogP contribution in [0.4, 0.5) is 5.82 Å². The molecule has 20 heavy (non-hydrogen) atoms. The Labute approximate surface area is 120 Å². The molecule has 0 aliphatic heterocycles. The normalized spacial score (nSPS) is 11.2. The van der Waals surface area contributed by atoms with E-state index in [4.69, 9.17) is 4.74 Å². The Bertz CT molecular complexity index is 562. The Kier molecular flexibility index (Phi) is 4.23. The number of rotatable bonds is 4. The molecule has 0 atom stereocenters. The topological polar surface area (TPSA) is 47.0 Å². The number of nitrogens with one attached hydrogen (secondary N) is 1. The number of ether oxygens (including phenoxy) is 1. The van der Waals surface area contributed by atoms with Crippen molar-refractivity contribution in [2.24, 2.45) is 0 Å². The molecule has 106 valence electrons. The van der Waals surface area contributed by atoms with Crippen molar-refractivity contribution in [1.29, 1.82) is 0 Å². The summed E-state index contributed by atoms with van der Waals surface area (Å²) in [5.74, 6) is 2.03. The van der Waals surface area contributed by atoms with Crippen molar-refractivity contribution in [3.63, 3.8) is 0 Å². The van der Waals surface area contributed by atoms with Crippen LogP contribution in [0.15, 0.2) is 36.4 Å². The Balaban J connectivity index is 2.41. The van der Waals surface area contributed by atoms with Crippen molar-refractivity contribution in [2.75, 3.05) is 11.9 Å². The minimum absolute atomic E-state index is 0.286. The lowest BCUT2D eigenvalue weighted by Crippen LogP contribution is -2.23. The predicted molar refractivity (Wildman–Crippen MR) is 82.0 cm³/mol. The highest BCUT2D eigenvalue weighted by molar-refractivity contribution is 5.58. The summed E-state index contributed by atoms with van der Waals surface area (Å²) in [6, 6.07) is 11.7. The minimum atomic E-state index is -0.286. The van der Waals surface area contributed by atoms with Crippen LogP contribution in [0.1, 0.15) is 27.7 Å². The fraction of sp³-hybridized carbons (Fsp3) is 0.375. The Morgan fingerprint density at radius 3 is 2.40 bits per heavy atom. The molecular weight excluding hydrogens is 250 g/mol. The van der Waals surface area contributed by atoms with Gasteiger partial charge in [-0.2, -0.15) is 4.98 Å². The summed E-state index contributed by atoms with van der Waals surface area (Å²) in [5, 5.41) is 3.21. The zero-order valence-electron chi connectivity index (χ0n) is 12.5. The number of nitrogens with zero attached hydrogens (tertiary/aromatic N) is 2. The zero-order valence-corrected chi connectivity index (χ0v) is 12.5. The molecule has 1 N–H and O–H groups in total. The summed E-state index contributed by atoms with van der Waals surface area (Å²) in [6.07, 6.45) is 0. The van der Waals surface area contributed by atoms with E-state index in [0.29, 0.717) is 11.7 Å². The summed E-state index contributed by atoms with van der Waals surface area (Å²) in [4.78, 5) is 9.02. The van der Waals surface area contributed by atoms with Crippen molar-refractivity contribution < 1.29 is 4.74 Å². The van der Waals surface area contributed by atoms with Crippen molar-refractivity contribution in [3.8, 4) is 17.3 Å². The largest absolute Gasteiger partial charge is 0.472 e. The molecule has 4 heteroatoms. The number of benzene rings is 1. The Morgan fingerprint density at radius 1 is 1.10 bits per heavy atom. The molecule has 2 rings (SSSR count). The van der Waals surface area contributed by atoms with Crippen LogP contribution in [-0.4, -0.2) is 22.1 Å². The van der Waals surface area contributed by atoms with Gasteiger partial charge in [0.2, 0.25) is 5.88 Å². The van der Waals surface area contributed by atoms with Gasteiger partial charge in [-0.3, -0.25) is 0 Å². The standard InChI is InChI=1S/C16H21N3O/c1-5-17-13-11-14(20-16(2,3)4)19-15(18-13)12-9-7-6-8-10-12/h6-11H,5H2,1-4H3,(H,17,18,19). The molecular formula is C16H21N3O. The fourth-order valence-corrected chi connectivity index (χ4v) is 1.78. The zero-order chi connectivity index (χ0) is 14.6. The first-order chi connectivity index (χ1) is 9.48. The fourth-order valence-electron chi connectivity index (χ4n) is 1.78. The molecule has 1 heterocycles. The van der Waals surface area contributed by atoms with Crippen molar-refractivity contribution in [1.82, 2.24) is 9.97 Å². The molecule has 0 spiro atoms. The highest BCUT2D eigenvalue weighted by Crippen LogP contribution is 2.23. The van der Waals surface area contributed by atoms with E-state index in [1.165, 1.54) is 0 Å². The number of anilines is 1. The van der Waals surface area contributed by atoms with E-state index in [0.717, 1.165) is 17.9 Å². The van der Waals surface area contributed by atoms with E-state index in [-0.39, 0.29) is 5.60 Å². The lowest BCUT2D eigenvalue weighted by Gasteiger charge is -2.21. The maximum absolute atomic E-state index is 5.86. The summed E-state index contributed by atoms with van der Waals surface area (Å²) in [6.45, 7) is 8.85. The molecule has 0 saturated heterocycles. The molecule has 0 aliphatic rings. The van der Waals surface area contributed by atoms with E-state index in [1.807, 2.05) is 64.1 Å². The molecule has 0 aliphatic carbocycles. The molecule has 0 bridgehead atoms. The molecule has 1 aromatic heterocycles. The molecule has 0 saturated carbocycles. The molecule has 1 aromatic carbocycles. The second-order valence-corrected chi connectivity index (χ2v) is 5.53. The van der Waals surface area contributed by atoms with Crippen LogP contribution in [0, 0.1) is 0 Å². The third-order valence-corrected chi connectivity index (χ3v) is 2.50. The first kappa shape index (κ1) is 14.3. The van der Waals surface area contributed by atoms with Gasteiger partial charge in [-0.05, 0) is 27.7 Å². The summed E-state index contributed by atoms with van der Waals surface area (Å²) >= 11 is 0. The SMILES string of the molecule is CCNc1cc(OC(C)(C)C)nc(-c2ccccc2)n1. The lowest BCUT2D eigenvalue weighted by molar-refractivity contribution is 0.124. The third-order valence-electron chi connectivity index (χ3n) is 2.50. The summed E-state index contributed by atoms with van der Waals surface area (Å²) in [7, 11) is 0. The Hall–Kier alpha value is -2.10. The van der Waals surface area contributed by atoms with Gasteiger partial charge < -0.3 is 10.1 Å². The summed E-state index contributed by atoms with van der Waals surface area (Å²) in [5.41, 5.74) is 0.692. The van der Waals surface area contributed by atoms with Crippen LogP contribution in [-0.2, 0) is 0 Å². The van der Waals surface area contributed by atoms with Crippen molar-refractivity contribution in [2.45, 2.75) is 33.3 Å². The lowest BCUT2D eigenvalue weighted by atomic mass is 10.2. The molecule has 0 amide bonds. The van der Waals surface area contributed by atoms with Gasteiger partial charge in [-0.25, -0.2) is 4.98 Å². The van der Waals surface area contributed by atoms with Crippen LogP contribution in [0.2, 0.25) is 0 Å². The molecule has 0 unspecified atom stereocenters. The van der Waals surface area contributed by atoms with Gasteiger partial charge in [0, 0.05) is 18.2 Å². The summed E-state index contributed by atoms with van der Waals surface area (Å²) < 4.78 is 5.86. The van der Waals surface area contributed by atoms with Crippen LogP contribution in [0.25, 0.3) is 11.4 Å². The minimum Gasteiger partial charge on any atom is -0.472 e. The van der Waals surface area contributed by atoms with Gasteiger partial charge in [0.05, 0.1) is 0 Å². The maximum Gasteiger partial charge on any atom is 0.219 e. The molecule has 0 fully saturated rings. The average molecular weight is 271 g/mol. The van der Waals surface area contributed by atoms with Crippen LogP contribution < -0.4 is 10.1 Å². The Morgan fingerprint density at radius 2 is 1.80 bits per heavy atom. The highest BCUT2D eigenvalue weighted by atomic mass is 16.5. The van der Waals surface area contributed by atoms with Gasteiger partial charge in [0.1, 0.15) is 11.4 Å². The van der Waals surface area contributed by atoms with E-state index in [9.17, 15) is 0 Å².